The molecule has 3 rings (SSSR count). The van der Waals surface area contributed by atoms with E-state index in [1.807, 2.05) is 18.2 Å². The molecule has 2 aromatic carbocycles. The number of hydrogen-bond donors (Lipinski definition) is 2. The number of rotatable bonds is 3. The second kappa shape index (κ2) is 6.20. The van der Waals surface area contributed by atoms with Crippen LogP contribution in [0.4, 0.5) is 5.69 Å². The van der Waals surface area contributed by atoms with Crippen LogP contribution < -0.4 is 10.6 Å². The molecule has 0 aliphatic carbocycles. The topological polar surface area (TPSA) is 33.3 Å². The van der Waals surface area contributed by atoms with Crippen LogP contribution in [-0.2, 0) is 4.74 Å². The molecule has 0 spiro atoms. The number of benzene rings is 2. The van der Waals surface area contributed by atoms with Crippen LogP contribution in [0.3, 0.4) is 0 Å². The molecule has 1 saturated heterocycles. The van der Waals surface area contributed by atoms with Crippen LogP contribution in [0.2, 0.25) is 0 Å². The highest BCUT2D eigenvalue weighted by Gasteiger charge is 2.15. The van der Waals surface area contributed by atoms with Crippen molar-refractivity contribution in [2.75, 3.05) is 18.5 Å². The average Bonchev–Trinajstić information content (AvgIpc) is 2.98. The SMILES string of the molecule is S=C(NCC1CCCO1)Nc1ccc2ccccc2c1. The van der Waals surface area contributed by atoms with Crippen molar-refractivity contribution in [2.45, 2.75) is 18.9 Å². The lowest BCUT2D eigenvalue weighted by atomic mass is 10.1. The molecule has 2 aromatic rings. The van der Waals surface area contributed by atoms with E-state index in [1.165, 1.54) is 10.8 Å². The van der Waals surface area contributed by atoms with Gasteiger partial charge in [-0.05, 0) is 48.0 Å². The predicted octanol–water partition coefficient (Wildman–Crippen LogP) is 3.31. The number of ether oxygens (including phenoxy) is 1. The number of hydrogen-bond acceptors (Lipinski definition) is 2. The van der Waals surface area contributed by atoms with Gasteiger partial charge in [-0.1, -0.05) is 30.3 Å². The van der Waals surface area contributed by atoms with E-state index in [4.69, 9.17) is 17.0 Å². The minimum absolute atomic E-state index is 0.298. The summed E-state index contributed by atoms with van der Waals surface area (Å²) >= 11 is 5.32. The summed E-state index contributed by atoms with van der Waals surface area (Å²) in [5.74, 6) is 0. The monoisotopic (exact) mass is 286 g/mol. The van der Waals surface area contributed by atoms with Gasteiger partial charge < -0.3 is 15.4 Å². The van der Waals surface area contributed by atoms with E-state index in [0.29, 0.717) is 11.2 Å². The third kappa shape index (κ3) is 3.26. The van der Waals surface area contributed by atoms with Crippen LogP contribution in [0.5, 0.6) is 0 Å². The lowest BCUT2D eigenvalue weighted by molar-refractivity contribution is 0.114. The van der Waals surface area contributed by atoms with E-state index in [-0.39, 0.29) is 0 Å². The second-order valence-electron chi connectivity index (χ2n) is 5.03. The molecule has 104 valence electrons. The molecule has 2 N–H and O–H groups in total. The number of fused-ring (bicyclic) bond motifs is 1. The van der Waals surface area contributed by atoms with Gasteiger partial charge in [0.25, 0.3) is 0 Å². The fourth-order valence-corrected chi connectivity index (χ4v) is 2.66. The standard InChI is InChI=1S/C16H18N2OS/c20-16(17-11-15-6-3-9-19-15)18-14-8-7-12-4-1-2-5-13(12)10-14/h1-2,4-5,7-8,10,15H,3,6,9,11H2,(H2,17,18,20). The summed E-state index contributed by atoms with van der Waals surface area (Å²) in [6, 6.07) is 14.5. The first-order chi connectivity index (χ1) is 9.81. The fraction of sp³-hybridized carbons (Fsp3) is 0.312. The van der Waals surface area contributed by atoms with Crippen molar-refractivity contribution in [3.05, 3.63) is 42.5 Å². The molecule has 0 radical (unpaired) electrons. The van der Waals surface area contributed by atoms with Gasteiger partial charge in [0.2, 0.25) is 0 Å². The summed E-state index contributed by atoms with van der Waals surface area (Å²) in [6.07, 6.45) is 2.56. The minimum atomic E-state index is 0.298. The lowest BCUT2D eigenvalue weighted by Gasteiger charge is -2.14. The van der Waals surface area contributed by atoms with Crippen LogP contribution >= 0.6 is 12.2 Å². The van der Waals surface area contributed by atoms with Crippen LogP contribution in [0.1, 0.15) is 12.8 Å². The summed E-state index contributed by atoms with van der Waals surface area (Å²) < 4.78 is 5.56. The Bertz CT molecular complexity index is 608. The van der Waals surface area contributed by atoms with Crippen molar-refractivity contribution in [3.8, 4) is 0 Å². The third-order valence-corrected chi connectivity index (χ3v) is 3.77. The molecular weight excluding hydrogens is 268 g/mol. The molecule has 1 fully saturated rings. The molecule has 20 heavy (non-hydrogen) atoms. The molecule has 1 aliphatic heterocycles. The van der Waals surface area contributed by atoms with Crippen LogP contribution in [0, 0.1) is 0 Å². The Morgan fingerprint density at radius 1 is 1.20 bits per heavy atom. The molecule has 1 atom stereocenters. The second-order valence-corrected chi connectivity index (χ2v) is 5.44. The Morgan fingerprint density at radius 2 is 2.05 bits per heavy atom. The molecule has 1 unspecified atom stereocenters. The molecular formula is C16H18N2OS. The molecule has 3 nitrogen and oxygen atoms in total. The molecule has 1 aliphatic rings. The summed E-state index contributed by atoms with van der Waals surface area (Å²) in [7, 11) is 0. The van der Waals surface area contributed by atoms with Gasteiger partial charge in [-0.25, -0.2) is 0 Å². The van der Waals surface area contributed by atoms with Crippen LogP contribution in [0.25, 0.3) is 10.8 Å². The summed E-state index contributed by atoms with van der Waals surface area (Å²) in [4.78, 5) is 0. The highest BCUT2D eigenvalue weighted by molar-refractivity contribution is 7.80. The van der Waals surface area contributed by atoms with Gasteiger partial charge in [-0.15, -0.1) is 0 Å². The van der Waals surface area contributed by atoms with Gasteiger partial charge in [-0.2, -0.15) is 0 Å². The summed E-state index contributed by atoms with van der Waals surface area (Å²) in [5.41, 5.74) is 1.01. The number of thiocarbonyl (C=S) groups is 1. The van der Waals surface area contributed by atoms with Gasteiger partial charge in [0.05, 0.1) is 6.10 Å². The molecule has 0 aromatic heterocycles. The van der Waals surface area contributed by atoms with Gasteiger partial charge in [0, 0.05) is 18.8 Å². The minimum Gasteiger partial charge on any atom is -0.376 e. The van der Waals surface area contributed by atoms with E-state index in [0.717, 1.165) is 31.7 Å². The highest BCUT2D eigenvalue weighted by atomic mass is 32.1. The smallest absolute Gasteiger partial charge is 0.170 e. The molecule has 4 heteroatoms. The van der Waals surface area contributed by atoms with E-state index in [2.05, 4.69) is 34.9 Å². The van der Waals surface area contributed by atoms with Gasteiger partial charge in [0.15, 0.2) is 5.11 Å². The summed E-state index contributed by atoms with van der Waals surface area (Å²) in [5, 5.41) is 9.53. The zero-order valence-electron chi connectivity index (χ0n) is 11.3. The van der Waals surface area contributed by atoms with E-state index >= 15 is 0 Å². The van der Waals surface area contributed by atoms with Crippen LogP contribution in [0.15, 0.2) is 42.5 Å². The van der Waals surface area contributed by atoms with Crippen molar-refractivity contribution < 1.29 is 4.74 Å². The lowest BCUT2D eigenvalue weighted by Crippen LogP contribution is -2.34. The van der Waals surface area contributed by atoms with Crippen molar-refractivity contribution in [1.29, 1.82) is 0 Å². The Kier molecular flexibility index (Phi) is 4.14. The average molecular weight is 286 g/mol. The highest BCUT2D eigenvalue weighted by Crippen LogP contribution is 2.18. The zero-order valence-corrected chi connectivity index (χ0v) is 12.1. The van der Waals surface area contributed by atoms with Gasteiger partial charge in [0.1, 0.15) is 0 Å². The van der Waals surface area contributed by atoms with E-state index < -0.39 is 0 Å². The first-order valence-electron chi connectivity index (χ1n) is 6.96. The van der Waals surface area contributed by atoms with E-state index in [1.54, 1.807) is 0 Å². The van der Waals surface area contributed by atoms with E-state index in [9.17, 15) is 0 Å². The Labute approximate surface area is 124 Å². The number of nitrogens with one attached hydrogen (secondary N) is 2. The third-order valence-electron chi connectivity index (χ3n) is 3.52. The molecule has 0 amide bonds. The molecule has 0 saturated carbocycles. The Balaban J connectivity index is 1.59. The van der Waals surface area contributed by atoms with Crippen molar-refractivity contribution in [3.63, 3.8) is 0 Å². The Morgan fingerprint density at radius 3 is 2.85 bits per heavy atom. The number of anilines is 1. The molecule has 1 heterocycles. The first-order valence-corrected chi connectivity index (χ1v) is 7.37. The van der Waals surface area contributed by atoms with Gasteiger partial charge in [-0.3, -0.25) is 0 Å². The first kappa shape index (κ1) is 13.3. The van der Waals surface area contributed by atoms with Crippen molar-refractivity contribution in [2.24, 2.45) is 0 Å². The Hall–Kier alpha value is -1.65. The summed E-state index contributed by atoms with van der Waals surface area (Å²) in [6.45, 7) is 1.65. The fourth-order valence-electron chi connectivity index (χ4n) is 2.45. The van der Waals surface area contributed by atoms with Crippen LogP contribution in [-0.4, -0.2) is 24.4 Å². The maximum atomic E-state index is 5.56. The maximum Gasteiger partial charge on any atom is 0.170 e. The molecule has 0 bridgehead atoms. The van der Waals surface area contributed by atoms with Crippen molar-refractivity contribution in [1.82, 2.24) is 5.32 Å². The largest absolute Gasteiger partial charge is 0.376 e. The quantitative estimate of drug-likeness (QED) is 0.848. The van der Waals surface area contributed by atoms with Crippen molar-refractivity contribution >= 4 is 33.8 Å². The zero-order chi connectivity index (χ0) is 13.8. The normalized spacial score (nSPS) is 18.1. The van der Waals surface area contributed by atoms with Gasteiger partial charge >= 0.3 is 0 Å². The maximum absolute atomic E-state index is 5.56. The predicted molar refractivity (Wildman–Crippen MR) is 87.1 cm³/mol.